The molecular formula is C12H21NS. The van der Waals surface area contributed by atoms with Crippen LogP contribution in [0.3, 0.4) is 0 Å². The van der Waals surface area contributed by atoms with E-state index >= 15 is 0 Å². The van der Waals surface area contributed by atoms with Gasteiger partial charge in [0, 0.05) is 6.04 Å². The van der Waals surface area contributed by atoms with Crippen molar-refractivity contribution in [3.05, 3.63) is 22.4 Å². The van der Waals surface area contributed by atoms with Gasteiger partial charge in [-0.05, 0) is 54.6 Å². The molecule has 0 saturated carbocycles. The second kappa shape index (κ2) is 4.94. The van der Waals surface area contributed by atoms with Crippen LogP contribution < -0.4 is 5.32 Å². The average molecular weight is 211 g/mol. The van der Waals surface area contributed by atoms with Crippen LogP contribution in [0.1, 0.15) is 32.8 Å². The monoisotopic (exact) mass is 211 g/mol. The predicted molar refractivity (Wildman–Crippen MR) is 64.9 cm³/mol. The topological polar surface area (TPSA) is 12.0 Å². The van der Waals surface area contributed by atoms with Gasteiger partial charge < -0.3 is 5.32 Å². The van der Waals surface area contributed by atoms with E-state index in [1.165, 1.54) is 18.4 Å². The van der Waals surface area contributed by atoms with Gasteiger partial charge in [-0.1, -0.05) is 13.8 Å². The average Bonchev–Trinajstić information content (AvgIpc) is 2.54. The summed E-state index contributed by atoms with van der Waals surface area (Å²) in [5, 5.41) is 7.72. The molecule has 1 aromatic heterocycles. The molecule has 1 N–H and O–H groups in total. The molecule has 14 heavy (non-hydrogen) atoms. The van der Waals surface area contributed by atoms with E-state index < -0.39 is 0 Å². The minimum absolute atomic E-state index is 0.392. The number of hydrogen-bond donors (Lipinski definition) is 1. The maximum Gasteiger partial charge on any atom is 0.00409 e. The minimum atomic E-state index is 0.392. The predicted octanol–water partition coefficient (Wildman–Crippen LogP) is 3.31. The molecule has 1 unspecified atom stereocenters. The minimum Gasteiger partial charge on any atom is -0.317 e. The van der Waals surface area contributed by atoms with Crippen LogP contribution in [-0.2, 0) is 6.42 Å². The second-order valence-electron chi connectivity index (χ2n) is 4.87. The van der Waals surface area contributed by atoms with E-state index in [1.54, 1.807) is 11.3 Å². The number of thiophene rings is 1. The summed E-state index contributed by atoms with van der Waals surface area (Å²) in [4.78, 5) is 0. The number of hydrogen-bond acceptors (Lipinski definition) is 2. The van der Waals surface area contributed by atoms with E-state index in [-0.39, 0.29) is 0 Å². The molecule has 0 saturated heterocycles. The highest BCUT2D eigenvalue weighted by Crippen LogP contribution is 2.28. The van der Waals surface area contributed by atoms with Gasteiger partial charge in [0.15, 0.2) is 0 Å². The third-order valence-corrected chi connectivity index (χ3v) is 3.35. The Bertz CT molecular complexity index is 251. The van der Waals surface area contributed by atoms with E-state index in [0.717, 1.165) is 0 Å². The van der Waals surface area contributed by atoms with E-state index in [4.69, 9.17) is 0 Å². The smallest absolute Gasteiger partial charge is 0.00409 e. The molecule has 0 amide bonds. The molecule has 1 heterocycles. The third kappa shape index (κ3) is 3.81. The second-order valence-corrected chi connectivity index (χ2v) is 5.65. The molecule has 0 aliphatic heterocycles. The maximum absolute atomic E-state index is 3.30. The summed E-state index contributed by atoms with van der Waals surface area (Å²) in [6.45, 7) is 6.94. The maximum atomic E-state index is 3.30. The molecule has 2 heteroatoms. The van der Waals surface area contributed by atoms with Crippen LogP contribution in [0.25, 0.3) is 0 Å². The van der Waals surface area contributed by atoms with Crippen LogP contribution in [0.15, 0.2) is 16.8 Å². The zero-order chi connectivity index (χ0) is 10.6. The SMILES string of the molecule is CNC(C)CC(C)(C)Cc1ccsc1. The Morgan fingerprint density at radius 1 is 1.50 bits per heavy atom. The van der Waals surface area contributed by atoms with Crippen LogP contribution in [0, 0.1) is 5.41 Å². The zero-order valence-electron chi connectivity index (χ0n) is 9.63. The highest BCUT2D eigenvalue weighted by Gasteiger charge is 2.20. The van der Waals surface area contributed by atoms with Crippen molar-refractivity contribution in [1.82, 2.24) is 5.32 Å². The molecule has 1 nitrogen and oxygen atoms in total. The van der Waals surface area contributed by atoms with Gasteiger partial charge in [0.2, 0.25) is 0 Å². The first-order chi connectivity index (χ1) is 6.53. The van der Waals surface area contributed by atoms with Crippen LogP contribution in [0.5, 0.6) is 0 Å². The molecule has 1 atom stereocenters. The van der Waals surface area contributed by atoms with Gasteiger partial charge >= 0.3 is 0 Å². The summed E-state index contributed by atoms with van der Waals surface area (Å²) in [7, 11) is 2.03. The molecule has 0 aliphatic carbocycles. The van der Waals surface area contributed by atoms with Gasteiger partial charge in [0.25, 0.3) is 0 Å². The van der Waals surface area contributed by atoms with Crippen LogP contribution in [0.2, 0.25) is 0 Å². The summed E-state index contributed by atoms with van der Waals surface area (Å²) in [5.74, 6) is 0. The Labute approximate surface area is 91.5 Å². The van der Waals surface area contributed by atoms with Crippen molar-refractivity contribution < 1.29 is 0 Å². The molecule has 0 radical (unpaired) electrons. The van der Waals surface area contributed by atoms with Crippen molar-refractivity contribution in [2.45, 2.75) is 39.7 Å². The van der Waals surface area contributed by atoms with Crippen LogP contribution in [0.4, 0.5) is 0 Å². The summed E-state index contributed by atoms with van der Waals surface area (Å²) >= 11 is 1.79. The Morgan fingerprint density at radius 2 is 2.21 bits per heavy atom. The normalized spacial score (nSPS) is 14.3. The van der Waals surface area contributed by atoms with Crippen molar-refractivity contribution in [2.75, 3.05) is 7.05 Å². The fourth-order valence-electron chi connectivity index (χ4n) is 1.95. The Balaban J connectivity index is 2.49. The van der Waals surface area contributed by atoms with Gasteiger partial charge in [-0.3, -0.25) is 0 Å². The summed E-state index contributed by atoms with van der Waals surface area (Å²) in [5.41, 5.74) is 1.87. The number of nitrogens with one attached hydrogen (secondary N) is 1. The molecule has 80 valence electrons. The highest BCUT2D eigenvalue weighted by molar-refractivity contribution is 7.07. The van der Waals surface area contributed by atoms with E-state index in [0.29, 0.717) is 11.5 Å². The van der Waals surface area contributed by atoms with Crippen molar-refractivity contribution in [3.63, 3.8) is 0 Å². The molecular weight excluding hydrogens is 190 g/mol. The van der Waals surface area contributed by atoms with Gasteiger partial charge in [-0.2, -0.15) is 11.3 Å². The van der Waals surface area contributed by atoms with Gasteiger partial charge in [0.1, 0.15) is 0 Å². The quantitative estimate of drug-likeness (QED) is 0.788. The molecule has 0 fully saturated rings. The zero-order valence-corrected chi connectivity index (χ0v) is 10.4. The van der Waals surface area contributed by atoms with Crippen molar-refractivity contribution in [3.8, 4) is 0 Å². The summed E-state index contributed by atoms with van der Waals surface area (Å²) in [6.07, 6.45) is 2.40. The lowest BCUT2D eigenvalue weighted by Crippen LogP contribution is -2.29. The third-order valence-electron chi connectivity index (χ3n) is 2.61. The lowest BCUT2D eigenvalue weighted by molar-refractivity contribution is 0.294. The summed E-state index contributed by atoms with van der Waals surface area (Å²) in [6, 6.07) is 2.83. The van der Waals surface area contributed by atoms with Gasteiger partial charge in [0.05, 0.1) is 0 Å². The first-order valence-corrected chi connectivity index (χ1v) is 6.16. The molecule has 0 bridgehead atoms. The standard InChI is InChI=1S/C12H21NS/c1-10(13-4)7-12(2,3)8-11-5-6-14-9-11/h5-6,9-10,13H,7-8H2,1-4H3. The van der Waals surface area contributed by atoms with Crippen LogP contribution >= 0.6 is 11.3 Å². The Morgan fingerprint density at radius 3 is 2.71 bits per heavy atom. The largest absolute Gasteiger partial charge is 0.317 e. The molecule has 0 aliphatic rings. The molecule has 1 rings (SSSR count). The molecule has 0 spiro atoms. The van der Waals surface area contributed by atoms with Crippen molar-refractivity contribution in [1.29, 1.82) is 0 Å². The Hall–Kier alpha value is -0.340. The number of rotatable bonds is 5. The molecule has 1 aromatic rings. The van der Waals surface area contributed by atoms with Crippen molar-refractivity contribution >= 4 is 11.3 Å². The highest BCUT2D eigenvalue weighted by atomic mass is 32.1. The fraction of sp³-hybridized carbons (Fsp3) is 0.667. The molecule has 0 aromatic carbocycles. The fourth-order valence-corrected chi connectivity index (χ4v) is 2.62. The van der Waals surface area contributed by atoms with Gasteiger partial charge in [-0.15, -0.1) is 0 Å². The van der Waals surface area contributed by atoms with Crippen LogP contribution in [-0.4, -0.2) is 13.1 Å². The Kier molecular flexibility index (Phi) is 4.14. The summed E-state index contributed by atoms with van der Waals surface area (Å²) < 4.78 is 0. The van der Waals surface area contributed by atoms with Gasteiger partial charge in [-0.25, -0.2) is 0 Å². The van der Waals surface area contributed by atoms with E-state index in [1.807, 2.05) is 7.05 Å². The first kappa shape index (κ1) is 11.7. The lowest BCUT2D eigenvalue weighted by Gasteiger charge is -2.27. The van der Waals surface area contributed by atoms with E-state index in [2.05, 4.69) is 42.9 Å². The lowest BCUT2D eigenvalue weighted by atomic mass is 9.81. The van der Waals surface area contributed by atoms with Crippen molar-refractivity contribution in [2.24, 2.45) is 5.41 Å². The van der Waals surface area contributed by atoms with E-state index in [9.17, 15) is 0 Å². The first-order valence-electron chi connectivity index (χ1n) is 5.22.